The van der Waals surface area contributed by atoms with Gasteiger partial charge in [-0.1, -0.05) is 23.2 Å². The lowest BCUT2D eigenvalue weighted by Gasteiger charge is -2.33. The van der Waals surface area contributed by atoms with Crippen molar-refractivity contribution < 1.29 is 27.6 Å². The van der Waals surface area contributed by atoms with Crippen LogP contribution in [0.25, 0.3) is 0 Å². The Morgan fingerprint density at radius 2 is 1.86 bits per heavy atom. The summed E-state index contributed by atoms with van der Waals surface area (Å²) in [5.41, 5.74) is -0.396. The zero-order valence-electron chi connectivity index (χ0n) is 19.3. The highest BCUT2D eigenvalue weighted by Crippen LogP contribution is 2.49. The van der Waals surface area contributed by atoms with Crippen LogP contribution in [0.15, 0.2) is 36.4 Å². The zero-order valence-corrected chi connectivity index (χ0v) is 20.8. The molecule has 2 aromatic carbocycles. The van der Waals surface area contributed by atoms with Crippen molar-refractivity contribution in [3.05, 3.63) is 63.1 Å². The molecule has 10 heteroatoms. The third-order valence-electron chi connectivity index (χ3n) is 6.85. The molecule has 2 aliphatic heterocycles. The van der Waals surface area contributed by atoms with Crippen LogP contribution in [0.5, 0.6) is 0 Å². The Morgan fingerprint density at radius 1 is 1.17 bits per heavy atom. The van der Waals surface area contributed by atoms with Gasteiger partial charge in [-0.15, -0.1) is 0 Å². The highest BCUT2D eigenvalue weighted by atomic mass is 35.5. The number of hydroxylamine groups is 2. The van der Waals surface area contributed by atoms with Gasteiger partial charge in [-0.05, 0) is 67.8 Å². The van der Waals surface area contributed by atoms with Gasteiger partial charge in [0.2, 0.25) is 0 Å². The summed E-state index contributed by atoms with van der Waals surface area (Å²) >= 11 is 12.0. The van der Waals surface area contributed by atoms with Crippen molar-refractivity contribution in [3.8, 4) is 0 Å². The van der Waals surface area contributed by atoms with Crippen molar-refractivity contribution in [3.63, 3.8) is 0 Å². The summed E-state index contributed by atoms with van der Waals surface area (Å²) in [6.07, 6.45) is -4.64. The van der Waals surface area contributed by atoms with Crippen LogP contribution in [0.2, 0.25) is 10.0 Å². The second kappa shape index (κ2) is 9.64. The van der Waals surface area contributed by atoms with Gasteiger partial charge in [-0.25, -0.2) is 5.06 Å². The van der Waals surface area contributed by atoms with E-state index in [0.717, 1.165) is 0 Å². The minimum atomic E-state index is -4.51. The first kappa shape index (κ1) is 25.8. The van der Waals surface area contributed by atoms with Crippen LogP contribution in [0.4, 0.5) is 18.9 Å². The van der Waals surface area contributed by atoms with Crippen LogP contribution in [0, 0.1) is 12.8 Å². The van der Waals surface area contributed by atoms with Crippen molar-refractivity contribution in [2.45, 2.75) is 38.3 Å². The highest BCUT2D eigenvalue weighted by Gasteiger charge is 2.59. The number of anilines is 1. The van der Waals surface area contributed by atoms with Crippen LogP contribution < -0.4 is 4.90 Å². The maximum absolute atomic E-state index is 14.4. The topological polar surface area (TPSA) is 49.9 Å². The third-order valence-corrected chi connectivity index (χ3v) is 7.28. The quantitative estimate of drug-likeness (QED) is 0.431. The van der Waals surface area contributed by atoms with Crippen molar-refractivity contribution in [2.75, 3.05) is 31.1 Å². The predicted octanol–water partition coefficient (Wildman–Crippen LogP) is 5.99. The number of carbonyl (C=O) groups excluding carboxylic acids is 2. The van der Waals surface area contributed by atoms with Crippen LogP contribution in [-0.4, -0.2) is 49.2 Å². The monoisotopic (exact) mass is 528 g/mol. The summed E-state index contributed by atoms with van der Waals surface area (Å²) in [6.45, 7) is 3.99. The summed E-state index contributed by atoms with van der Waals surface area (Å²) in [5, 5.41) is 1.56. The minimum Gasteiger partial charge on any atom is -0.370 e. The van der Waals surface area contributed by atoms with Crippen molar-refractivity contribution in [2.24, 2.45) is 5.92 Å². The van der Waals surface area contributed by atoms with Gasteiger partial charge >= 0.3 is 6.18 Å². The van der Waals surface area contributed by atoms with Crippen LogP contribution in [0.3, 0.4) is 0 Å². The van der Waals surface area contributed by atoms with Crippen LogP contribution >= 0.6 is 23.2 Å². The number of ketones is 1. The summed E-state index contributed by atoms with van der Waals surface area (Å²) in [4.78, 5) is 32.1. The fourth-order valence-electron chi connectivity index (χ4n) is 4.89. The Morgan fingerprint density at radius 3 is 2.43 bits per heavy atom. The normalized spacial score (nSPS) is 22.8. The summed E-state index contributed by atoms with van der Waals surface area (Å²) in [7, 11) is 0. The van der Waals surface area contributed by atoms with E-state index in [4.69, 9.17) is 28.0 Å². The van der Waals surface area contributed by atoms with E-state index < -0.39 is 17.5 Å². The molecular formula is C25H25Cl2F3N2O3. The van der Waals surface area contributed by atoms with E-state index in [0.29, 0.717) is 23.4 Å². The van der Waals surface area contributed by atoms with Crippen LogP contribution in [0.1, 0.15) is 41.3 Å². The molecule has 5 nitrogen and oxygen atoms in total. The lowest BCUT2D eigenvalue weighted by atomic mass is 9.79. The van der Waals surface area contributed by atoms with E-state index in [2.05, 4.69) is 0 Å². The smallest absolute Gasteiger partial charge is 0.370 e. The second-order valence-electron chi connectivity index (χ2n) is 9.06. The fourth-order valence-corrected chi connectivity index (χ4v) is 5.42. The van der Waals surface area contributed by atoms with Crippen molar-refractivity contribution in [1.82, 2.24) is 5.06 Å². The fraction of sp³-hybridized carbons (Fsp3) is 0.440. The standard InChI is InChI=1S/C25H25Cl2F3N2O3/c1-3-32-23(34)16(13-35-32)9-22(33)21-5-4-20(8-15(21)2)31-7-6-24(14-31,25(28,29)30)17-10-18(26)12-19(27)11-17/h4-5,8,10-12,16H,3,6-7,9,13-14H2,1-2H3/t16-,24?/m1/s1. The highest BCUT2D eigenvalue weighted by molar-refractivity contribution is 6.34. The Balaban J connectivity index is 1.55. The Labute approximate surface area is 211 Å². The maximum atomic E-state index is 14.4. The van der Waals surface area contributed by atoms with E-state index in [9.17, 15) is 22.8 Å². The summed E-state index contributed by atoms with van der Waals surface area (Å²) in [5.74, 6) is -0.942. The van der Waals surface area contributed by atoms with Crippen molar-refractivity contribution in [1.29, 1.82) is 0 Å². The molecule has 0 aliphatic carbocycles. The Bertz CT molecular complexity index is 1140. The number of aryl methyl sites for hydroxylation is 1. The number of alkyl halides is 3. The summed E-state index contributed by atoms with van der Waals surface area (Å²) < 4.78 is 43.1. The molecule has 2 atom stereocenters. The van der Waals surface area contributed by atoms with E-state index in [1.54, 1.807) is 36.9 Å². The molecule has 0 radical (unpaired) electrons. The molecular weight excluding hydrogens is 504 g/mol. The number of hydrogen-bond acceptors (Lipinski definition) is 4. The lowest BCUT2D eigenvalue weighted by Crippen LogP contribution is -2.44. The molecule has 2 aliphatic rings. The molecule has 1 amide bonds. The SMILES string of the molecule is CCN1OC[C@@H](CC(=O)c2ccc(N3CCC(c4cc(Cl)cc(Cl)c4)(C(F)(F)F)C3)cc2C)C1=O. The van der Waals surface area contributed by atoms with Gasteiger partial charge in [0.25, 0.3) is 5.91 Å². The van der Waals surface area contributed by atoms with Gasteiger partial charge in [0.05, 0.1) is 12.5 Å². The summed E-state index contributed by atoms with van der Waals surface area (Å²) in [6, 6.07) is 9.05. The number of Topliss-reactive ketones (excluding diaryl/α,β-unsaturated/α-hetero) is 1. The number of amides is 1. The van der Waals surface area contributed by atoms with E-state index >= 15 is 0 Å². The molecule has 2 heterocycles. The first-order valence-electron chi connectivity index (χ1n) is 11.3. The van der Waals surface area contributed by atoms with Gasteiger partial charge in [0.15, 0.2) is 5.78 Å². The first-order valence-corrected chi connectivity index (χ1v) is 12.1. The number of nitrogens with zero attached hydrogens (tertiary/aromatic N) is 2. The molecule has 2 aromatic rings. The molecule has 188 valence electrons. The molecule has 35 heavy (non-hydrogen) atoms. The molecule has 0 aromatic heterocycles. The lowest BCUT2D eigenvalue weighted by molar-refractivity contribution is -0.184. The molecule has 1 unspecified atom stereocenters. The molecule has 4 rings (SSSR count). The van der Waals surface area contributed by atoms with Crippen molar-refractivity contribution >= 4 is 40.6 Å². The van der Waals surface area contributed by atoms with Crippen LogP contribution in [-0.2, 0) is 15.0 Å². The second-order valence-corrected chi connectivity index (χ2v) is 9.93. The molecule has 0 bridgehead atoms. The van der Waals surface area contributed by atoms with E-state index in [-0.39, 0.29) is 59.8 Å². The first-order chi connectivity index (χ1) is 16.4. The number of benzene rings is 2. The van der Waals surface area contributed by atoms with E-state index in [1.807, 2.05) is 0 Å². The van der Waals surface area contributed by atoms with Gasteiger partial charge in [-0.2, -0.15) is 13.2 Å². The maximum Gasteiger partial charge on any atom is 0.400 e. The molecule has 0 spiro atoms. The largest absolute Gasteiger partial charge is 0.400 e. The van der Waals surface area contributed by atoms with Gasteiger partial charge < -0.3 is 4.90 Å². The average molecular weight is 529 g/mol. The number of rotatable bonds is 6. The third kappa shape index (κ3) is 4.88. The molecule has 0 N–H and O–H groups in total. The van der Waals surface area contributed by atoms with Gasteiger partial charge in [0, 0.05) is 47.4 Å². The molecule has 2 fully saturated rings. The number of carbonyl (C=O) groups is 2. The molecule has 2 saturated heterocycles. The number of hydrogen-bond donors (Lipinski definition) is 0. The average Bonchev–Trinajstić information content (AvgIpc) is 3.38. The van der Waals surface area contributed by atoms with E-state index in [1.165, 1.54) is 23.3 Å². The minimum absolute atomic E-state index is 0.0198. The zero-order chi connectivity index (χ0) is 25.5. The van der Waals surface area contributed by atoms with Gasteiger partial charge in [-0.3, -0.25) is 14.4 Å². The molecule has 0 saturated carbocycles. The Kier molecular flexibility index (Phi) is 7.10. The van der Waals surface area contributed by atoms with Gasteiger partial charge in [0.1, 0.15) is 5.41 Å². The Hall–Kier alpha value is -2.29. The number of halogens is 5. The predicted molar refractivity (Wildman–Crippen MR) is 128 cm³/mol.